The number of aromatic nitrogens is 2. The molecular weight excluding hydrogens is 485 g/mol. The summed E-state index contributed by atoms with van der Waals surface area (Å²) in [6.07, 6.45) is 1.46. The van der Waals surface area contributed by atoms with Gasteiger partial charge in [-0.25, -0.2) is 9.07 Å². The second-order valence-electron chi connectivity index (χ2n) is 8.94. The van der Waals surface area contributed by atoms with Gasteiger partial charge in [0.25, 0.3) is 11.8 Å². The number of methoxy groups -OCH3 is 1. The number of carbonyl (C=O) groups excluding carboxylic acids is 2. The molecule has 1 aliphatic heterocycles. The highest BCUT2D eigenvalue weighted by Gasteiger charge is 2.35. The van der Waals surface area contributed by atoms with E-state index in [1.54, 1.807) is 41.9 Å². The highest BCUT2D eigenvalue weighted by molar-refractivity contribution is 6.09. The molecule has 3 aromatic carbocycles. The van der Waals surface area contributed by atoms with E-state index in [1.165, 1.54) is 25.4 Å². The zero-order valence-electron chi connectivity index (χ0n) is 21.1. The summed E-state index contributed by atoms with van der Waals surface area (Å²) in [6.45, 7) is 3.72. The normalized spacial score (nSPS) is 14.4. The first-order valence-electron chi connectivity index (χ1n) is 12.0. The minimum atomic E-state index is -0.720. The average molecular weight is 512 g/mol. The van der Waals surface area contributed by atoms with Crippen LogP contribution in [0.5, 0.6) is 5.75 Å². The van der Waals surface area contributed by atoms with E-state index >= 15 is 0 Å². The molecule has 1 aromatic heterocycles. The van der Waals surface area contributed by atoms with Crippen LogP contribution in [-0.4, -0.2) is 28.7 Å². The Balaban J connectivity index is 1.54. The topological polar surface area (TPSA) is 97.3 Å². The molecule has 2 amide bonds. The lowest BCUT2D eigenvalue weighted by atomic mass is 9.94. The maximum Gasteiger partial charge on any atom is 0.261 e. The standard InChI is InChI=1S/C29H26FN5O3/c1-17-8-14-21(15-9-17)33-28(36)22-16-31-35-26(19-10-12-20(30)13-11-19)25(18(2)32-27(22)35)29(37)34-23-6-4-5-7-24(23)38-3/h4-16,26,32H,1-3H3,(H,33,36)(H,34,37)/t26-/m1/s1. The molecule has 5 rings (SSSR count). The fourth-order valence-electron chi connectivity index (χ4n) is 4.44. The summed E-state index contributed by atoms with van der Waals surface area (Å²) in [6, 6.07) is 19.7. The number of anilines is 3. The van der Waals surface area contributed by atoms with Gasteiger partial charge in [-0.3, -0.25) is 9.59 Å². The van der Waals surface area contributed by atoms with E-state index in [2.05, 4.69) is 21.0 Å². The summed E-state index contributed by atoms with van der Waals surface area (Å²) in [4.78, 5) is 26.8. The third kappa shape index (κ3) is 4.73. The second-order valence-corrected chi connectivity index (χ2v) is 8.94. The quantitative estimate of drug-likeness (QED) is 0.317. The number of allylic oxidation sites excluding steroid dienone is 1. The third-order valence-electron chi connectivity index (χ3n) is 6.36. The van der Waals surface area contributed by atoms with Gasteiger partial charge in [0.2, 0.25) is 0 Å². The summed E-state index contributed by atoms with van der Waals surface area (Å²) >= 11 is 0. The Labute approximate surface area is 219 Å². The maximum absolute atomic E-state index is 13.8. The monoisotopic (exact) mass is 511 g/mol. The molecule has 2 heterocycles. The molecule has 0 aliphatic carbocycles. The van der Waals surface area contributed by atoms with Crippen LogP contribution in [0.4, 0.5) is 21.6 Å². The molecule has 192 valence electrons. The minimum Gasteiger partial charge on any atom is -0.495 e. The number of hydrogen-bond acceptors (Lipinski definition) is 5. The summed E-state index contributed by atoms with van der Waals surface area (Å²) in [5.41, 5.74) is 4.06. The number of ether oxygens (including phenoxy) is 1. The molecule has 1 atom stereocenters. The van der Waals surface area contributed by atoms with Crippen LogP contribution in [0.25, 0.3) is 0 Å². The van der Waals surface area contributed by atoms with Crippen molar-refractivity contribution in [2.24, 2.45) is 0 Å². The molecule has 1 aliphatic rings. The molecule has 0 saturated carbocycles. The molecule has 0 bridgehead atoms. The Morgan fingerprint density at radius 1 is 0.947 bits per heavy atom. The number of carbonyl (C=O) groups is 2. The van der Waals surface area contributed by atoms with E-state index in [0.717, 1.165) is 5.56 Å². The number of nitrogens with one attached hydrogen (secondary N) is 3. The largest absolute Gasteiger partial charge is 0.495 e. The van der Waals surface area contributed by atoms with Crippen molar-refractivity contribution < 1.29 is 18.7 Å². The lowest BCUT2D eigenvalue weighted by Crippen LogP contribution is -2.32. The van der Waals surface area contributed by atoms with E-state index in [0.29, 0.717) is 45.3 Å². The Morgan fingerprint density at radius 2 is 1.66 bits per heavy atom. The zero-order valence-corrected chi connectivity index (χ0v) is 21.1. The molecular formula is C29H26FN5O3. The first kappa shape index (κ1) is 24.8. The number of fused-ring (bicyclic) bond motifs is 1. The van der Waals surface area contributed by atoms with E-state index in [-0.39, 0.29) is 11.8 Å². The number of hydrogen-bond donors (Lipinski definition) is 3. The molecule has 0 fully saturated rings. The number of aryl methyl sites for hydroxylation is 1. The van der Waals surface area contributed by atoms with Crippen LogP contribution >= 0.6 is 0 Å². The molecule has 4 aromatic rings. The van der Waals surface area contributed by atoms with Crippen molar-refractivity contribution in [3.8, 4) is 5.75 Å². The Hall–Kier alpha value is -4.92. The first-order chi connectivity index (χ1) is 18.4. The van der Waals surface area contributed by atoms with Gasteiger partial charge in [-0.15, -0.1) is 0 Å². The smallest absolute Gasteiger partial charge is 0.261 e. The maximum atomic E-state index is 13.8. The van der Waals surface area contributed by atoms with Crippen molar-refractivity contribution >= 4 is 29.0 Å². The molecule has 3 N–H and O–H groups in total. The van der Waals surface area contributed by atoms with Gasteiger partial charge in [0.1, 0.15) is 29.0 Å². The molecule has 0 unspecified atom stereocenters. The number of rotatable bonds is 6. The SMILES string of the molecule is COc1ccccc1NC(=O)C1=C(C)Nc2c(C(=O)Nc3ccc(C)cc3)cnn2[C@@H]1c1ccc(F)cc1. The molecule has 8 nitrogen and oxygen atoms in total. The van der Waals surface area contributed by atoms with Crippen molar-refractivity contribution in [1.29, 1.82) is 0 Å². The number of benzene rings is 3. The number of halogens is 1. The van der Waals surface area contributed by atoms with E-state index in [1.807, 2.05) is 37.3 Å². The highest BCUT2D eigenvalue weighted by Crippen LogP contribution is 2.38. The number of amides is 2. The van der Waals surface area contributed by atoms with Crippen LogP contribution in [-0.2, 0) is 4.79 Å². The van der Waals surface area contributed by atoms with Crippen molar-refractivity contribution in [2.45, 2.75) is 19.9 Å². The van der Waals surface area contributed by atoms with Gasteiger partial charge in [0.15, 0.2) is 0 Å². The summed E-state index contributed by atoms with van der Waals surface area (Å²) in [5, 5.41) is 13.5. The van der Waals surface area contributed by atoms with Gasteiger partial charge in [-0.2, -0.15) is 5.10 Å². The van der Waals surface area contributed by atoms with Gasteiger partial charge in [-0.05, 0) is 55.8 Å². The lowest BCUT2D eigenvalue weighted by molar-refractivity contribution is -0.113. The highest BCUT2D eigenvalue weighted by atomic mass is 19.1. The van der Waals surface area contributed by atoms with Gasteiger partial charge >= 0.3 is 0 Å². The van der Waals surface area contributed by atoms with Crippen molar-refractivity contribution in [3.63, 3.8) is 0 Å². The predicted octanol–water partition coefficient (Wildman–Crippen LogP) is 5.52. The van der Waals surface area contributed by atoms with Gasteiger partial charge < -0.3 is 20.7 Å². The van der Waals surface area contributed by atoms with Crippen molar-refractivity contribution in [1.82, 2.24) is 9.78 Å². The Morgan fingerprint density at radius 3 is 2.37 bits per heavy atom. The van der Waals surface area contributed by atoms with Crippen LogP contribution in [0, 0.1) is 12.7 Å². The molecule has 9 heteroatoms. The molecule has 0 saturated heterocycles. The van der Waals surface area contributed by atoms with Gasteiger partial charge in [0, 0.05) is 11.4 Å². The molecule has 38 heavy (non-hydrogen) atoms. The van der Waals surface area contributed by atoms with Crippen LogP contribution in [0.2, 0.25) is 0 Å². The average Bonchev–Trinajstić information content (AvgIpc) is 3.33. The van der Waals surface area contributed by atoms with E-state index in [9.17, 15) is 14.0 Å². The van der Waals surface area contributed by atoms with Gasteiger partial charge in [-0.1, -0.05) is 42.0 Å². The number of para-hydroxylation sites is 2. The minimum absolute atomic E-state index is 0.307. The molecule has 0 spiro atoms. The summed E-state index contributed by atoms with van der Waals surface area (Å²) in [5.74, 6) is -0.204. The van der Waals surface area contributed by atoms with Crippen molar-refractivity contribution in [2.75, 3.05) is 23.1 Å². The fraction of sp³-hybridized carbons (Fsp3) is 0.138. The van der Waals surface area contributed by atoms with E-state index < -0.39 is 11.9 Å². The third-order valence-corrected chi connectivity index (χ3v) is 6.36. The summed E-state index contributed by atoms with van der Waals surface area (Å²) in [7, 11) is 1.53. The fourth-order valence-corrected chi connectivity index (χ4v) is 4.44. The van der Waals surface area contributed by atoms with Gasteiger partial charge in [0.05, 0.1) is 24.6 Å². The second kappa shape index (κ2) is 10.2. The van der Waals surface area contributed by atoms with Crippen molar-refractivity contribution in [3.05, 3.63) is 113 Å². The summed E-state index contributed by atoms with van der Waals surface area (Å²) < 4.78 is 20.7. The Bertz CT molecular complexity index is 1540. The first-order valence-corrected chi connectivity index (χ1v) is 12.0. The molecule has 0 radical (unpaired) electrons. The van der Waals surface area contributed by atoms with Crippen LogP contribution in [0.1, 0.15) is 34.5 Å². The van der Waals surface area contributed by atoms with Crippen LogP contribution in [0.3, 0.4) is 0 Å². The lowest BCUT2D eigenvalue weighted by Gasteiger charge is -2.30. The Kier molecular flexibility index (Phi) is 6.66. The predicted molar refractivity (Wildman–Crippen MR) is 144 cm³/mol. The zero-order chi connectivity index (χ0) is 26.8. The van der Waals surface area contributed by atoms with Crippen LogP contribution in [0.15, 0.2) is 90.3 Å². The van der Waals surface area contributed by atoms with E-state index in [4.69, 9.17) is 4.74 Å². The van der Waals surface area contributed by atoms with Crippen LogP contribution < -0.4 is 20.7 Å². The number of nitrogens with zero attached hydrogens (tertiary/aromatic N) is 2.